The highest BCUT2D eigenvalue weighted by Crippen LogP contribution is 2.21. The van der Waals surface area contributed by atoms with Crippen LogP contribution in [0.25, 0.3) is 0 Å². The van der Waals surface area contributed by atoms with E-state index in [9.17, 15) is 9.59 Å². The van der Waals surface area contributed by atoms with Gasteiger partial charge in [0, 0.05) is 13.1 Å². The molecule has 1 aromatic heterocycles. The van der Waals surface area contributed by atoms with E-state index in [0.29, 0.717) is 24.0 Å². The summed E-state index contributed by atoms with van der Waals surface area (Å²) < 4.78 is 1.41. The van der Waals surface area contributed by atoms with E-state index in [0.717, 1.165) is 19.5 Å². The molecule has 0 spiro atoms. The quantitative estimate of drug-likeness (QED) is 0.896. The van der Waals surface area contributed by atoms with Crippen LogP contribution in [0.3, 0.4) is 0 Å². The normalized spacial score (nSPS) is 22.3. The van der Waals surface area contributed by atoms with E-state index in [4.69, 9.17) is 5.11 Å². The minimum atomic E-state index is -1.11. The van der Waals surface area contributed by atoms with Crippen LogP contribution in [0.1, 0.15) is 43.4 Å². The van der Waals surface area contributed by atoms with Crippen molar-refractivity contribution < 1.29 is 14.7 Å². The molecule has 1 fully saturated rings. The van der Waals surface area contributed by atoms with Gasteiger partial charge in [-0.15, -0.1) is 5.10 Å². The highest BCUT2D eigenvalue weighted by atomic mass is 16.4. The van der Waals surface area contributed by atoms with Crippen LogP contribution in [0.2, 0.25) is 0 Å². The molecule has 116 valence electrons. The van der Waals surface area contributed by atoms with E-state index in [2.05, 4.69) is 24.2 Å². The molecule has 1 N–H and O–H groups in total. The zero-order valence-electron chi connectivity index (χ0n) is 12.7. The van der Waals surface area contributed by atoms with Gasteiger partial charge in [0.05, 0.1) is 5.69 Å². The molecule has 1 saturated heterocycles. The Labute approximate surface area is 123 Å². The van der Waals surface area contributed by atoms with Gasteiger partial charge in [-0.2, -0.15) is 0 Å². The van der Waals surface area contributed by atoms with Crippen molar-refractivity contribution in [1.29, 1.82) is 0 Å². The molecule has 1 aliphatic rings. The highest BCUT2D eigenvalue weighted by molar-refractivity contribution is 5.86. The monoisotopic (exact) mass is 294 g/mol. The molecular weight excluding hydrogens is 272 g/mol. The lowest BCUT2D eigenvalue weighted by molar-refractivity contribution is -0.134. The maximum atomic E-state index is 12.4. The maximum absolute atomic E-state index is 12.4. The first-order chi connectivity index (χ1) is 9.92. The number of carboxylic acids is 1. The van der Waals surface area contributed by atoms with Crippen molar-refractivity contribution in [3.05, 3.63) is 11.4 Å². The Bertz CT molecular complexity index is 530. The van der Waals surface area contributed by atoms with E-state index in [1.54, 1.807) is 0 Å². The molecule has 2 rings (SSSR count). The first kappa shape index (κ1) is 15.5. The number of carboxylic acid groups (broad SMARTS) is 1. The number of piperidine rings is 1. The van der Waals surface area contributed by atoms with Crippen molar-refractivity contribution in [2.45, 2.75) is 40.2 Å². The molecule has 0 radical (unpaired) electrons. The summed E-state index contributed by atoms with van der Waals surface area (Å²) in [5.74, 6) is -0.141. The van der Waals surface area contributed by atoms with Gasteiger partial charge >= 0.3 is 5.97 Å². The zero-order valence-corrected chi connectivity index (χ0v) is 12.7. The number of rotatable bonds is 4. The number of hydrogen-bond acceptors (Lipinski definition) is 4. The third kappa shape index (κ3) is 3.40. The first-order valence-corrected chi connectivity index (χ1v) is 7.35. The standard InChI is InChI=1S/C14H22N4O3/c1-4-11-13(14(20)21)15-16-18(11)8-12(19)17-6-9(2)5-10(3)7-17/h9-10H,4-8H2,1-3H3,(H,20,21). The average Bonchev–Trinajstić information content (AvgIpc) is 2.80. The zero-order chi connectivity index (χ0) is 15.6. The van der Waals surface area contributed by atoms with Crippen molar-refractivity contribution >= 4 is 11.9 Å². The summed E-state index contributed by atoms with van der Waals surface area (Å²) in [5, 5.41) is 16.5. The lowest BCUT2D eigenvalue weighted by Gasteiger charge is -2.35. The van der Waals surface area contributed by atoms with Gasteiger partial charge < -0.3 is 10.0 Å². The number of nitrogens with zero attached hydrogens (tertiary/aromatic N) is 4. The molecule has 2 unspecified atom stereocenters. The number of likely N-dealkylation sites (tertiary alicyclic amines) is 1. The molecule has 0 saturated carbocycles. The number of amides is 1. The molecule has 21 heavy (non-hydrogen) atoms. The molecular formula is C14H22N4O3. The lowest BCUT2D eigenvalue weighted by atomic mass is 9.92. The van der Waals surface area contributed by atoms with Crippen molar-refractivity contribution in [1.82, 2.24) is 19.9 Å². The van der Waals surface area contributed by atoms with Crippen molar-refractivity contribution in [2.24, 2.45) is 11.8 Å². The Morgan fingerprint density at radius 1 is 1.29 bits per heavy atom. The Hall–Kier alpha value is -1.92. The average molecular weight is 294 g/mol. The van der Waals surface area contributed by atoms with Crippen LogP contribution in [0.4, 0.5) is 0 Å². The summed E-state index contributed by atoms with van der Waals surface area (Å²) in [5.41, 5.74) is 0.430. The van der Waals surface area contributed by atoms with Gasteiger partial charge in [0.1, 0.15) is 6.54 Å². The maximum Gasteiger partial charge on any atom is 0.358 e. The summed E-state index contributed by atoms with van der Waals surface area (Å²) in [6.07, 6.45) is 1.62. The van der Waals surface area contributed by atoms with Crippen LogP contribution in [0.5, 0.6) is 0 Å². The first-order valence-electron chi connectivity index (χ1n) is 7.35. The Morgan fingerprint density at radius 3 is 2.43 bits per heavy atom. The number of aromatic carboxylic acids is 1. The molecule has 7 nitrogen and oxygen atoms in total. The number of carbonyl (C=O) groups is 2. The molecule has 2 atom stereocenters. The topological polar surface area (TPSA) is 88.3 Å². The minimum absolute atomic E-state index is 0.0232. The van der Waals surface area contributed by atoms with E-state index in [-0.39, 0.29) is 18.1 Å². The molecule has 7 heteroatoms. The Balaban J connectivity index is 2.11. The second-order valence-electron chi connectivity index (χ2n) is 5.95. The van der Waals surface area contributed by atoms with Crippen LogP contribution < -0.4 is 0 Å². The van der Waals surface area contributed by atoms with Crippen molar-refractivity contribution in [2.75, 3.05) is 13.1 Å². The lowest BCUT2D eigenvalue weighted by Crippen LogP contribution is -2.44. The highest BCUT2D eigenvalue weighted by Gasteiger charge is 2.27. The molecule has 1 aliphatic heterocycles. The second-order valence-corrected chi connectivity index (χ2v) is 5.95. The Kier molecular flexibility index (Phi) is 4.59. The Morgan fingerprint density at radius 2 is 1.90 bits per heavy atom. The van der Waals surface area contributed by atoms with Gasteiger partial charge in [-0.1, -0.05) is 26.0 Å². The molecule has 1 aromatic rings. The molecule has 0 bridgehead atoms. The van der Waals surface area contributed by atoms with Crippen molar-refractivity contribution in [3.63, 3.8) is 0 Å². The summed E-state index contributed by atoms with van der Waals surface area (Å²) >= 11 is 0. The number of carbonyl (C=O) groups excluding carboxylic acids is 1. The van der Waals surface area contributed by atoms with Gasteiger partial charge in [0.2, 0.25) is 5.91 Å². The fourth-order valence-electron chi connectivity index (χ4n) is 3.07. The summed E-state index contributed by atoms with van der Waals surface area (Å²) in [4.78, 5) is 25.3. The van der Waals surface area contributed by atoms with Crippen LogP contribution in [-0.2, 0) is 17.8 Å². The van der Waals surface area contributed by atoms with Gasteiger partial charge in [-0.25, -0.2) is 9.48 Å². The van der Waals surface area contributed by atoms with Gasteiger partial charge in [-0.3, -0.25) is 4.79 Å². The summed E-state index contributed by atoms with van der Waals surface area (Å²) in [6, 6.07) is 0. The van der Waals surface area contributed by atoms with Crippen LogP contribution in [-0.4, -0.2) is 50.0 Å². The van der Waals surface area contributed by atoms with Gasteiger partial charge in [0.25, 0.3) is 0 Å². The summed E-state index contributed by atoms with van der Waals surface area (Å²) in [6.45, 7) is 7.69. The van der Waals surface area contributed by atoms with Crippen LogP contribution >= 0.6 is 0 Å². The molecule has 2 heterocycles. The third-order valence-corrected chi connectivity index (χ3v) is 3.88. The number of aromatic nitrogens is 3. The third-order valence-electron chi connectivity index (χ3n) is 3.88. The molecule has 0 aliphatic carbocycles. The fraction of sp³-hybridized carbons (Fsp3) is 0.714. The SMILES string of the molecule is CCc1c(C(=O)O)nnn1CC(=O)N1CC(C)CC(C)C1. The smallest absolute Gasteiger partial charge is 0.358 e. The van der Waals surface area contributed by atoms with E-state index in [1.807, 2.05) is 11.8 Å². The fourth-order valence-corrected chi connectivity index (χ4v) is 3.07. The largest absolute Gasteiger partial charge is 0.476 e. The van der Waals surface area contributed by atoms with Crippen LogP contribution in [0, 0.1) is 11.8 Å². The molecule has 0 aromatic carbocycles. The van der Waals surface area contributed by atoms with E-state index >= 15 is 0 Å². The van der Waals surface area contributed by atoms with E-state index in [1.165, 1.54) is 4.68 Å². The summed E-state index contributed by atoms with van der Waals surface area (Å²) in [7, 11) is 0. The van der Waals surface area contributed by atoms with Gasteiger partial charge in [-0.05, 0) is 24.7 Å². The molecule has 1 amide bonds. The van der Waals surface area contributed by atoms with E-state index < -0.39 is 5.97 Å². The number of hydrogen-bond donors (Lipinski definition) is 1. The second kappa shape index (κ2) is 6.24. The van der Waals surface area contributed by atoms with Crippen molar-refractivity contribution in [3.8, 4) is 0 Å². The minimum Gasteiger partial charge on any atom is -0.476 e. The van der Waals surface area contributed by atoms with Gasteiger partial charge in [0.15, 0.2) is 5.69 Å². The predicted octanol–water partition coefficient (Wildman–Crippen LogP) is 1.04. The predicted molar refractivity (Wildman–Crippen MR) is 75.9 cm³/mol. The van der Waals surface area contributed by atoms with Crippen LogP contribution in [0.15, 0.2) is 0 Å².